The Morgan fingerprint density at radius 1 is 1.19 bits per heavy atom. The van der Waals surface area contributed by atoms with Gasteiger partial charge in [0.15, 0.2) is 0 Å². The highest BCUT2D eigenvalue weighted by Crippen LogP contribution is 2.17. The Morgan fingerprint density at radius 2 is 1.95 bits per heavy atom. The van der Waals surface area contributed by atoms with E-state index in [-0.39, 0.29) is 0 Å². The van der Waals surface area contributed by atoms with Gasteiger partial charge in [-0.1, -0.05) is 19.1 Å². The third-order valence-corrected chi connectivity index (χ3v) is 3.00. The van der Waals surface area contributed by atoms with Crippen LogP contribution >= 0.6 is 0 Å². The topological polar surface area (TPSA) is 58.6 Å². The molecule has 0 spiro atoms. The van der Waals surface area contributed by atoms with Gasteiger partial charge in [-0.25, -0.2) is 4.79 Å². The van der Waals surface area contributed by atoms with Crippen molar-refractivity contribution in [3.8, 4) is 5.75 Å². The maximum atomic E-state index is 10.9. The molecule has 2 N–H and O–H groups in total. The first-order chi connectivity index (χ1) is 10.2. The van der Waals surface area contributed by atoms with Gasteiger partial charge in [0.1, 0.15) is 5.75 Å². The minimum atomic E-state index is -0.908. The van der Waals surface area contributed by atoms with Crippen LogP contribution in [0.2, 0.25) is 0 Å². The number of nitrogens with one attached hydrogen (secondary N) is 1. The number of benzene rings is 2. The van der Waals surface area contributed by atoms with E-state index in [1.807, 2.05) is 30.3 Å². The normalized spacial score (nSPS) is 10.1. The lowest BCUT2D eigenvalue weighted by molar-refractivity contribution is 0.0697. The van der Waals surface area contributed by atoms with Gasteiger partial charge in [0.2, 0.25) is 0 Å². The smallest absolute Gasteiger partial charge is 0.335 e. The van der Waals surface area contributed by atoms with Crippen molar-refractivity contribution in [2.45, 2.75) is 19.9 Å². The number of carboxylic acids is 1. The monoisotopic (exact) mass is 285 g/mol. The molecule has 0 unspecified atom stereocenters. The van der Waals surface area contributed by atoms with Crippen molar-refractivity contribution in [3.63, 3.8) is 0 Å². The van der Waals surface area contributed by atoms with Crippen LogP contribution in [-0.2, 0) is 6.54 Å². The highest BCUT2D eigenvalue weighted by Gasteiger charge is 2.03. The van der Waals surface area contributed by atoms with Crippen molar-refractivity contribution < 1.29 is 14.6 Å². The standard InChI is InChI=1S/C17H19NO3/c1-2-10-21-16-8-6-15(7-9-16)18-12-13-4-3-5-14(11-13)17(19)20/h3-9,11,18H,2,10,12H2,1H3,(H,19,20). The molecule has 0 aliphatic heterocycles. The largest absolute Gasteiger partial charge is 0.494 e. The number of carbonyl (C=O) groups is 1. The summed E-state index contributed by atoms with van der Waals surface area (Å²) in [7, 11) is 0. The van der Waals surface area contributed by atoms with Crippen LogP contribution in [-0.4, -0.2) is 17.7 Å². The third-order valence-electron chi connectivity index (χ3n) is 3.00. The number of carboxylic acid groups (broad SMARTS) is 1. The molecule has 21 heavy (non-hydrogen) atoms. The average Bonchev–Trinajstić information content (AvgIpc) is 2.52. The summed E-state index contributed by atoms with van der Waals surface area (Å²) in [5.41, 5.74) is 2.21. The van der Waals surface area contributed by atoms with E-state index in [1.54, 1.807) is 18.2 Å². The molecule has 0 aliphatic rings. The molecule has 0 aliphatic carbocycles. The van der Waals surface area contributed by atoms with Crippen LogP contribution in [0.1, 0.15) is 29.3 Å². The fraction of sp³-hybridized carbons (Fsp3) is 0.235. The van der Waals surface area contributed by atoms with Crippen molar-refractivity contribution in [1.82, 2.24) is 0 Å². The van der Waals surface area contributed by atoms with Crippen molar-refractivity contribution in [3.05, 3.63) is 59.7 Å². The van der Waals surface area contributed by atoms with Crippen LogP contribution in [0.15, 0.2) is 48.5 Å². The average molecular weight is 285 g/mol. The van der Waals surface area contributed by atoms with Gasteiger partial charge in [-0.05, 0) is 48.4 Å². The molecule has 4 heteroatoms. The molecule has 0 atom stereocenters. The van der Waals surface area contributed by atoms with E-state index >= 15 is 0 Å². The lowest BCUT2D eigenvalue weighted by Crippen LogP contribution is -2.02. The predicted octanol–water partition coefficient (Wildman–Crippen LogP) is 3.79. The minimum Gasteiger partial charge on any atom is -0.494 e. The molecule has 110 valence electrons. The van der Waals surface area contributed by atoms with Crippen molar-refractivity contribution in [1.29, 1.82) is 0 Å². The van der Waals surface area contributed by atoms with Crippen LogP contribution in [0.3, 0.4) is 0 Å². The molecule has 4 nitrogen and oxygen atoms in total. The molecule has 2 aromatic rings. The molecule has 0 saturated carbocycles. The quantitative estimate of drug-likeness (QED) is 0.812. The maximum Gasteiger partial charge on any atom is 0.335 e. The van der Waals surface area contributed by atoms with E-state index in [0.717, 1.165) is 30.0 Å². The summed E-state index contributed by atoms with van der Waals surface area (Å²) < 4.78 is 5.52. The molecule has 2 aromatic carbocycles. The Balaban J connectivity index is 1.93. The number of rotatable bonds is 7. The summed E-state index contributed by atoms with van der Waals surface area (Å²) in [5, 5.41) is 12.2. The summed E-state index contributed by atoms with van der Waals surface area (Å²) in [6.45, 7) is 3.37. The molecule has 2 rings (SSSR count). The minimum absolute atomic E-state index is 0.303. The Kier molecular flexibility index (Phi) is 5.21. The second kappa shape index (κ2) is 7.33. The summed E-state index contributed by atoms with van der Waals surface area (Å²) >= 11 is 0. The zero-order chi connectivity index (χ0) is 15.1. The molecule has 0 aromatic heterocycles. The lowest BCUT2D eigenvalue weighted by Gasteiger charge is -2.09. The Morgan fingerprint density at radius 3 is 2.62 bits per heavy atom. The lowest BCUT2D eigenvalue weighted by atomic mass is 10.1. The van der Waals surface area contributed by atoms with Crippen molar-refractivity contribution >= 4 is 11.7 Å². The first kappa shape index (κ1) is 14.9. The first-order valence-electron chi connectivity index (χ1n) is 6.98. The fourth-order valence-corrected chi connectivity index (χ4v) is 1.91. The van der Waals surface area contributed by atoms with Crippen molar-refractivity contribution in [2.75, 3.05) is 11.9 Å². The highest BCUT2D eigenvalue weighted by atomic mass is 16.5. The highest BCUT2D eigenvalue weighted by molar-refractivity contribution is 5.87. The first-order valence-corrected chi connectivity index (χ1v) is 6.98. The van der Waals surface area contributed by atoms with Gasteiger partial charge in [-0.3, -0.25) is 0 Å². The number of aromatic carboxylic acids is 1. The van der Waals surface area contributed by atoms with E-state index in [9.17, 15) is 4.79 Å². The zero-order valence-electron chi connectivity index (χ0n) is 12.0. The van der Waals surface area contributed by atoms with Gasteiger partial charge in [0.05, 0.1) is 12.2 Å². The number of hydrogen-bond donors (Lipinski definition) is 2. The predicted molar refractivity (Wildman–Crippen MR) is 83.0 cm³/mol. The van der Waals surface area contributed by atoms with Gasteiger partial charge in [-0.15, -0.1) is 0 Å². The van der Waals surface area contributed by atoms with Gasteiger partial charge in [0.25, 0.3) is 0 Å². The molecule has 0 bridgehead atoms. The van der Waals surface area contributed by atoms with Gasteiger partial charge < -0.3 is 15.2 Å². The molecular weight excluding hydrogens is 266 g/mol. The fourth-order valence-electron chi connectivity index (χ4n) is 1.91. The number of ether oxygens (including phenoxy) is 1. The maximum absolute atomic E-state index is 10.9. The van der Waals surface area contributed by atoms with Gasteiger partial charge in [0, 0.05) is 12.2 Å². The Bertz CT molecular complexity index is 593. The summed E-state index contributed by atoms with van der Waals surface area (Å²) in [6.07, 6.45) is 0.986. The van der Waals surface area contributed by atoms with E-state index < -0.39 is 5.97 Å². The second-order valence-electron chi connectivity index (χ2n) is 4.73. The van der Waals surface area contributed by atoms with Crippen LogP contribution < -0.4 is 10.1 Å². The molecular formula is C17H19NO3. The van der Waals surface area contributed by atoms with Crippen LogP contribution in [0.25, 0.3) is 0 Å². The number of hydrogen-bond acceptors (Lipinski definition) is 3. The molecule has 0 amide bonds. The van der Waals surface area contributed by atoms with Crippen LogP contribution in [0, 0.1) is 0 Å². The van der Waals surface area contributed by atoms with Crippen LogP contribution in [0.4, 0.5) is 5.69 Å². The third kappa shape index (κ3) is 4.53. The second-order valence-corrected chi connectivity index (χ2v) is 4.73. The Labute approximate surface area is 124 Å². The molecule has 0 saturated heterocycles. The summed E-state index contributed by atoms with van der Waals surface area (Å²) in [5.74, 6) is -0.0513. The van der Waals surface area contributed by atoms with Gasteiger partial charge >= 0.3 is 5.97 Å². The van der Waals surface area contributed by atoms with Crippen LogP contribution in [0.5, 0.6) is 5.75 Å². The zero-order valence-corrected chi connectivity index (χ0v) is 12.0. The summed E-state index contributed by atoms with van der Waals surface area (Å²) in [6, 6.07) is 14.7. The van der Waals surface area contributed by atoms with E-state index in [0.29, 0.717) is 12.1 Å². The van der Waals surface area contributed by atoms with E-state index in [1.165, 1.54) is 0 Å². The van der Waals surface area contributed by atoms with E-state index in [2.05, 4.69) is 12.2 Å². The molecule has 0 fully saturated rings. The molecule has 0 heterocycles. The Hall–Kier alpha value is -2.49. The molecule has 0 radical (unpaired) electrons. The SMILES string of the molecule is CCCOc1ccc(NCc2cccc(C(=O)O)c2)cc1. The number of anilines is 1. The van der Waals surface area contributed by atoms with E-state index in [4.69, 9.17) is 9.84 Å². The van der Waals surface area contributed by atoms with Crippen molar-refractivity contribution in [2.24, 2.45) is 0 Å². The van der Waals surface area contributed by atoms with Gasteiger partial charge in [-0.2, -0.15) is 0 Å². The summed E-state index contributed by atoms with van der Waals surface area (Å²) in [4.78, 5) is 10.9.